The predicted molar refractivity (Wildman–Crippen MR) is 96.6 cm³/mol. The van der Waals surface area contributed by atoms with Crippen molar-refractivity contribution in [1.82, 2.24) is 4.90 Å². The van der Waals surface area contributed by atoms with Crippen LogP contribution < -0.4 is 4.74 Å². The molecule has 3 atom stereocenters. The molecular weight excluding hydrogens is 298 g/mol. The van der Waals surface area contributed by atoms with Crippen molar-refractivity contribution in [3.05, 3.63) is 29.8 Å². The summed E-state index contributed by atoms with van der Waals surface area (Å²) in [6.07, 6.45) is 8.54. The number of ether oxygens (including phenoxy) is 2. The minimum absolute atomic E-state index is 0.636. The fraction of sp³-hybridized carbons (Fsp3) is 0.714. The third-order valence-corrected chi connectivity index (χ3v) is 6.60. The second kappa shape index (κ2) is 7.45. The molecule has 0 aromatic heterocycles. The molecule has 1 aromatic carbocycles. The van der Waals surface area contributed by atoms with Crippen LogP contribution in [0.4, 0.5) is 0 Å². The van der Waals surface area contributed by atoms with Crippen LogP contribution in [0.3, 0.4) is 0 Å². The average molecular weight is 329 g/mol. The number of fused-ring (bicyclic) bond motifs is 2. The Hall–Kier alpha value is -1.06. The summed E-state index contributed by atoms with van der Waals surface area (Å²) in [6, 6.07) is 9.52. The third-order valence-electron chi connectivity index (χ3n) is 6.60. The van der Waals surface area contributed by atoms with Gasteiger partial charge in [-0.3, -0.25) is 0 Å². The Morgan fingerprint density at radius 3 is 2.54 bits per heavy atom. The molecular formula is C21H31NO2. The van der Waals surface area contributed by atoms with E-state index in [1.165, 1.54) is 57.2 Å². The van der Waals surface area contributed by atoms with Gasteiger partial charge in [-0.05, 0) is 74.6 Å². The third kappa shape index (κ3) is 3.34. The highest BCUT2D eigenvalue weighted by atomic mass is 16.5. The summed E-state index contributed by atoms with van der Waals surface area (Å²) in [7, 11) is 1.72. The molecule has 2 aliphatic carbocycles. The lowest BCUT2D eigenvalue weighted by Gasteiger charge is -2.40. The Bertz CT molecular complexity index is 538. The van der Waals surface area contributed by atoms with Gasteiger partial charge in [0.25, 0.3) is 0 Å². The largest absolute Gasteiger partial charge is 0.491 e. The van der Waals surface area contributed by atoms with E-state index in [9.17, 15) is 0 Å². The monoisotopic (exact) mass is 329 g/mol. The maximum Gasteiger partial charge on any atom is 0.122 e. The standard InChI is InChI=1S/C21H31NO2/c1-23-12-13-24-21-5-3-2-4-19(21)17-8-10-22(11-9-17)20-15-16-6-7-18(20)14-16/h2-5,16-18,20H,6-15H2,1H3/t16?,18?,20-/m0/s1. The van der Waals surface area contributed by atoms with Gasteiger partial charge in [0.05, 0.1) is 6.61 Å². The number of piperidine rings is 1. The highest BCUT2D eigenvalue weighted by Gasteiger charge is 2.42. The lowest BCUT2D eigenvalue weighted by Crippen LogP contribution is -2.43. The molecule has 0 N–H and O–H groups in total. The van der Waals surface area contributed by atoms with E-state index in [4.69, 9.17) is 9.47 Å². The second-order valence-corrected chi connectivity index (χ2v) is 7.93. The van der Waals surface area contributed by atoms with Crippen LogP contribution in [0.1, 0.15) is 50.0 Å². The summed E-state index contributed by atoms with van der Waals surface area (Å²) in [5.41, 5.74) is 1.40. The van der Waals surface area contributed by atoms with Gasteiger partial charge in [-0.2, -0.15) is 0 Å². The molecule has 3 nitrogen and oxygen atoms in total. The summed E-state index contributed by atoms with van der Waals surface area (Å²) in [6.45, 7) is 3.82. The fourth-order valence-electron chi connectivity index (χ4n) is 5.38. The van der Waals surface area contributed by atoms with Gasteiger partial charge >= 0.3 is 0 Å². The molecule has 24 heavy (non-hydrogen) atoms. The molecule has 1 heterocycles. The van der Waals surface area contributed by atoms with Crippen molar-refractivity contribution in [2.45, 2.75) is 50.5 Å². The molecule has 3 fully saturated rings. The molecule has 1 saturated heterocycles. The molecule has 0 amide bonds. The minimum Gasteiger partial charge on any atom is -0.491 e. The first-order valence-corrected chi connectivity index (χ1v) is 9.80. The summed E-state index contributed by atoms with van der Waals surface area (Å²) >= 11 is 0. The van der Waals surface area contributed by atoms with Crippen LogP contribution in [0.15, 0.2) is 24.3 Å². The van der Waals surface area contributed by atoms with Gasteiger partial charge in [-0.15, -0.1) is 0 Å². The molecule has 2 unspecified atom stereocenters. The fourth-order valence-corrected chi connectivity index (χ4v) is 5.38. The van der Waals surface area contributed by atoms with E-state index in [-0.39, 0.29) is 0 Å². The molecule has 4 rings (SSSR count). The SMILES string of the molecule is COCCOc1ccccc1C1CCN([C@H]2CC3CCC2C3)CC1. The Labute approximate surface area is 146 Å². The molecule has 3 heteroatoms. The smallest absolute Gasteiger partial charge is 0.122 e. The first-order chi connectivity index (χ1) is 11.8. The van der Waals surface area contributed by atoms with Gasteiger partial charge in [0, 0.05) is 13.2 Å². The van der Waals surface area contributed by atoms with E-state index in [1.54, 1.807) is 7.11 Å². The number of benzene rings is 1. The van der Waals surface area contributed by atoms with Gasteiger partial charge in [0.15, 0.2) is 0 Å². The molecule has 0 spiro atoms. The van der Waals surface area contributed by atoms with Crippen LogP contribution in [-0.4, -0.2) is 44.4 Å². The van der Waals surface area contributed by atoms with Crippen LogP contribution in [-0.2, 0) is 4.74 Å². The quantitative estimate of drug-likeness (QED) is 0.734. The number of methoxy groups -OCH3 is 1. The second-order valence-electron chi connectivity index (χ2n) is 7.93. The molecule has 3 aliphatic rings. The number of rotatable bonds is 6. The topological polar surface area (TPSA) is 21.7 Å². The maximum atomic E-state index is 5.96. The van der Waals surface area contributed by atoms with E-state index in [1.807, 2.05) is 0 Å². The molecule has 0 radical (unpaired) electrons. The van der Waals surface area contributed by atoms with E-state index >= 15 is 0 Å². The maximum absolute atomic E-state index is 5.96. The van der Waals surface area contributed by atoms with Crippen molar-refractivity contribution in [3.8, 4) is 5.75 Å². The number of hydrogen-bond donors (Lipinski definition) is 0. The van der Waals surface area contributed by atoms with Gasteiger partial charge in [-0.1, -0.05) is 24.6 Å². The lowest BCUT2D eigenvalue weighted by molar-refractivity contribution is 0.109. The van der Waals surface area contributed by atoms with E-state index < -0.39 is 0 Å². The molecule has 2 saturated carbocycles. The summed E-state index contributed by atoms with van der Waals surface area (Å²) in [4.78, 5) is 2.81. The van der Waals surface area contributed by atoms with Gasteiger partial charge in [0.2, 0.25) is 0 Å². The molecule has 1 aliphatic heterocycles. The Morgan fingerprint density at radius 2 is 1.83 bits per heavy atom. The molecule has 132 valence electrons. The average Bonchev–Trinajstić information content (AvgIpc) is 3.26. The number of para-hydroxylation sites is 1. The highest BCUT2D eigenvalue weighted by Crippen LogP contribution is 2.47. The van der Waals surface area contributed by atoms with Crippen molar-refractivity contribution in [2.24, 2.45) is 11.8 Å². The van der Waals surface area contributed by atoms with Crippen molar-refractivity contribution in [2.75, 3.05) is 33.4 Å². The van der Waals surface area contributed by atoms with Crippen molar-refractivity contribution in [1.29, 1.82) is 0 Å². The lowest BCUT2D eigenvalue weighted by atomic mass is 9.86. The van der Waals surface area contributed by atoms with Gasteiger partial charge in [0.1, 0.15) is 12.4 Å². The Morgan fingerprint density at radius 1 is 1.00 bits per heavy atom. The zero-order chi connectivity index (χ0) is 16.4. The van der Waals surface area contributed by atoms with Crippen LogP contribution in [0, 0.1) is 11.8 Å². The first kappa shape index (κ1) is 16.4. The van der Waals surface area contributed by atoms with Gasteiger partial charge < -0.3 is 14.4 Å². The Balaban J connectivity index is 1.36. The normalized spacial score (nSPS) is 30.8. The zero-order valence-electron chi connectivity index (χ0n) is 15.0. The van der Waals surface area contributed by atoms with Crippen LogP contribution in [0.25, 0.3) is 0 Å². The van der Waals surface area contributed by atoms with E-state index in [2.05, 4.69) is 29.2 Å². The summed E-state index contributed by atoms with van der Waals surface area (Å²) in [5, 5.41) is 0. The first-order valence-electron chi connectivity index (χ1n) is 9.80. The minimum atomic E-state index is 0.636. The van der Waals surface area contributed by atoms with Gasteiger partial charge in [-0.25, -0.2) is 0 Å². The van der Waals surface area contributed by atoms with Crippen LogP contribution in [0.5, 0.6) is 5.75 Å². The summed E-state index contributed by atoms with van der Waals surface area (Å²) in [5.74, 6) is 3.77. The molecule has 1 aromatic rings. The van der Waals surface area contributed by atoms with Crippen molar-refractivity contribution in [3.63, 3.8) is 0 Å². The van der Waals surface area contributed by atoms with Crippen LogP contribution >= 0.6 is 0 Å². The number of hydrogen-bond acceptors (Lipinski definition) is 3. The Kier molecular flexibility index (Phi) is 5.09. The molecule has 2 bridgehead atoms. The highest BCUT2D eigenvalue weighted by molar-refractivity contribution is 5.36. The predicted octanol–water partition coefficient (Wildman–Crippen LogP) is 4.08. The van der Waals surface area contributed by atoms with E-state index in [0.717, 1.165) is 23.6 Å². The zero-order valence-corrected chi connectivity index (χ0v) is 15.0. The van der Waals surface area contributed by atoms with Crippen molar-refractivity contribution >= 4 is 0 Å². The van der Waals surface area contributed by atoms with Crippen molar-refractivity contribution < 1.29 is 9.47 Å². The van der Waals surface area contributed by atoms with Crippen LogP contribution in [0.2, 0.25) is 0 Å². The number of nitrogens with zero attached hydrogens (tertiary/aromatic N) is 1. The van der Waals surface area contributed by atoms with E-state index in [0.29, 0.717) is 19.1 Å². The summed E-state index contributed by atoms with van der Waals surface area (Å²) < 4.78 is 11.1. The number of likely N-dealkylation sites (tertiary alicyclic amines) is 1.